The fourth-order valence-corrected chi connectivity index (χ4v) is 6.06. The van der Waals surface area contributed by atoms with Crippen molar-refractivity contribution in [1.29, 1.82) is 0 Å². The lowest BCUT2D eigenvalue weighted by Gasteiger charge is -2.11. The van der Waals surface area contributed by atoms with Gasteiger partial charge in [0, 0.05) is 15.1 Å². The van der Waals surface area contributed by atoms with Crippen molar-refractivity contribution in [2.45, 2.75) is 44.2 Å². The van der Waals surface area contributed by atoms with Crippen LogP contribution in [-0.4, -0.2) is 21.6 Å². The Hall–Kier alpha value is -1.44. The lowest BCUT2D eigenvalue weighted by atomic mass is 9.97. The van der Waals surface area contributed by atoms with Crippen LogP contribution in [0, 0.1) is 6.92 Å². The number of rotatable bonds is 5. The second kappa shape index (κ2) is 7.43. The van der Waals surface area contributed by atoms with E-state index < -0.39 is 0 Å². The zero-order valence-electron chi connectivity index (χ0n) is 14.0. The number of nitrogens with zero attached hydrogens (tertiary/aromatic N) is 2. The Morgan fingerprint density at radius 3 is 3.04 bits per heavy atom. The fourth-order valence-electron chi connectivity index (χ4n) is 3.11. The van der Waals surface area contributed by atoms with Crippen molar-refractivity contribution in [2.24, 2.45) is 0 Å². The maximum atomic E-state index is 12.2. The van der Waals surface area contributed by atoms with E-state index in [1.54, 1.807) is 11.3 Å². The smallest absolute Gasteiger partial charge is 0.230 e. The minimum atomic E-state index is 0.0481. The van der Waals surface area contributed by atoms with E-state index >= 15 is 0 Å². The van der Waals surface area contributed by atoms with Crippen LogP contribution >= 0.6 is 34.4 Å². The Bertz CT molecular complexity index is 902. The van der Waals surface area contributed by atoms with Crippen LogP contribution in [0.2, 0.25) is 0 Å². The van der Waals surface area contributed by atoms with Gasteiger partial charge in [0.15, 0.2) is 0 Å². The molecule has 0 saturated carbocycles. The summed E-state index contributed by atoms with van der Waals surface area (Å²) in [6.07, 6.45) is 4.76. The van der Waals surface area contributed by atoms with E-state index in [1.165, 1.54) is 45.3 Å². The van der Waals surface area contributed by atoms with Crippen LogP contribution in [-0.2, 0) is 24.2 Å². The van der Waals surface area contributed by atoms with Crippen molar-refractivity contribution in [2.75, 3.05) is 5.75 Å². The van der Waals surface area contributed by atoms with E-state index in [2.05, 4.69) is 15.3 Å². The summed E-state index contributed by atoms with van der Waals surface area (Å²) in [6, 6.07) is 4.04. The number of aryl methyl sites for hydroxylation is 3. The average molecular weight is 390 g/mol. The molecule has 25 heavy (non-hydrogen) atoms. The Labute approximate surface area is 159 Å². The van der Waals surface area contributed by atoms with Crippen LogP contribution in [0.5, 0.6) is 0 Å². The molecule has 4 nitrogen and oxygen atoms in total. The van der Waals surface area contributed by atoms with E-state index in [9.17, 15) is 4.79 Å². The topological polar surface area (TPSA) is 54.9 Å². The number of nitrogens with one attached hydrogen (secondary N) is 1. The third-order valence-electron chi connectivity index (χ3n) is 4.27. The summed E-state index contributed by atoms with van der Waals surface area (Å²) in [5, 5.41) is 7.17. The first kappa shape index (κ1) is 17.0. The standard InChI is InChI=1S/C18H19N3OS3/c1-11-20-17(24-10-15(22)19-9-12-5-4-8-23-12)16-13-6-2-3-7-14(13)25-18(16)21-11/h4-5,8H,2-3,6-7,9-10H2,1H3,(H,19,22). The van der Waals surface area contributed by atoms with E-state index in [1.807, 2.05) is 35.8 Å². The molecule has 3 aromatic rings. The molecular formula is C18H19N3OS3. The van der Waals surface area contributed by atoms with Crippen LogP contribution in [0.25, 0.3) is 10.2 Å². The highest BCUT2D eigenvalue weighted by molar-refractivity contribution is 8.00. The maximum absolute atomic E-state index is 12.2. The SMILES string of the molecule is Cc1nc(SCC(=O)NCc2cccs2)c2c3c(sc2n1)CCCC3. The molecule has 0 bridgehead atoms. The van der Waals surface area contributed by atoms with E-state index in [0.29, 0.717) is 12.3 Å². The molecule has 1 aliphatic carbocycles. The number of aromatic nitrogens is 2. The Kier molecular flexibility index (Phi) is 5.05. The molecule has 0 aromatic carbocycles. The molecule has 130 valence electrons. The van der Waals surface area contributed by atoms with Crippen LogP contribution < -0.4 is 5.32 Å². The molecule has 1 aliphatic rings. The number of fused-ring (bicyclic) bond motifs is 3. The monoisotopic (exact) mass is 389 g/mol. The second-order valence-corrected chi connectivity index (χ2v) is 9.19. The van der Waals surface area contributed by atoms with Gasteiger partial charge in [0.05, 0.1) is 12.3 Å². The van der Waals surface area contributed by atoms with Crippen LogP contribution in [0.3, 0.4) is 0 Å². The minimum Gasteiger partial charge on any atom is -0.350 e. The first-order valence-electron chi connectivity index (χ1n) is 8.41. The van der Waals surface area contributed by atoms with Gasteiger partial charge in [-0.15, -0.1) is 22.7 Å². The lowest BCUT2D eigenvalue weighted by molar-refractivity contribution is -0.118. The van der Waals surface area contributed by atoms with Gasteiger partial charge in [0.1, 0.15) is 15.7 Å². The number of hydrogen-bond donors (Lipinski definition) is 1. The van der Waals surface area contributed by atoms with Gasteiger partial charge in [-0.3, -0.25) is 4.79 Å². The fraction of sp³-hybridized carbons (Fsp3) is 0.389. The van der Waals surface area contributed by atoms with Crippen molar-refractivity contribution in [3.63, 3.8) is 0 Å². The lowest BCUT2D eigenvalue weighted by Crippen LogP contribution is -2.24. The third kappa shape index (κ3) is 3.73. The molecule has 0 radical (unpaired) electrons. The van der Waals surface area contributed by atoms with Gasteiger partial charge in [-0.2, -0.15) is 0 Å². The van der Waals surface area contributed by atoms with Gasteiger partial charge in [0.2, 0.25) is 5.91 Å². The summed E-state index contributed by atoms with van der Waals surface area (Å²) in [7, 11) is 0. The van der Waals surface area contributed by atoms with Crippen LogP contribution in [0.4, 0.5) is 0 Å². The summed E-state index contributed by atoms with van der Waals surface area (Å²) in [5.74, 6) is 1.22. The zero-order chi connectivity index (χ0) is 17.2. The third-order valence-corrected chi connectivity index (χ3v) is 7.31. The molecule has 0 aliphatic heterocycles. The molecule has 0 saturated heterocycles. The highest BCUT2D eigenvalue weighted by Crippen LogP contribution is 2.39. The van der Waals surface area contributed by atoms with Crippen LogP contribution in [0.1, 0.15) is 34.0 Å². The average Bonchev–Trinajstić information content (AvgIpc) is 3.24. The quantitative estimate of drug-likeness (QED) is 0.521. The number of carbonyl (C=O) groups excluding carboxylic acids is 1. The van der Waals surface area contributed by atoms with Gasteiger partial charge in [0.25, 0.3) is 0 Å². The molecular weight excluding hydrogens is 370 g/mol. The molecule has 3 aromatic heterocycles. The van der Waals surface area contributed by atoms with Gasteiger partial charge in [-0.05, 0) is 49.6 Å². The van der Waals surface area contributed by atoms with Crippen LogP contribution in [0.15, 0.2) is 22.5 Å². The maximum Gasteiger partial charge on any atom is 0.230 e. The highest BCUT2D eigenvalue weighted by Gasteiger charge is 2.21. The Morgan fingerprint density at radius 1 is 1.32 bits per heavy atom. The molecule has 4 rings (SSSR count). The predicted molar refractivity (Wildman–Crippen MR) is 106 cm³/mol. The Balaban J connectivity index is 1.50. The number of hydrogen-bond acceptors (Lipinski definition) is 6. The summed E-state index contributed by atoms with van der Waals surface area (Å²) < 4.78 is 0. The molecule has 0 atom stereocenters. The summed E-state index contributed by atoms with van der Waals surface area (Å²) in [4.78, 5) is 25.2. The highest BCUT2D eigenvalue weighted by atomic mass is 32.2. The van der Waals surface area contributed by atoms with E-state index in [4.69, 9.17) is 0 Å². The molecule has 0 unspecified atom stereocenters. The van der Waals surface area contributed by atoms with E-state index in [-0.39, 0.29) is 5.91 Å². The zero-order valence-corrected chi connectivity index (χ0v) is 16.5. The van der Waals surface area contributed by atoms with Crippen molar-refractivity contribution >= 4 is 50.6 Å². The Morgan fingerprint density at radius 2 is 2.20 bits per heavy atom. The molecule has 7 heteroatoms. The van der Waals surface area contributed by atoms with Crippen molar-refractivity contribution in [1.82, 2.24) is 15.3 Å². The molecule has 0 spiro atoms. The summed E-state index contributed by atoms with van der Waals surface area (Å²) in [5.41, 5.74) is 1.42. The number of thioether (sulfide) groups is 1. The number of amides is 1. The second-order valence-electron chi connectivity index (χ2n) is 6.11. The molecule has 0 fully saturated rings. The minimum absolute atomic E-state index is 0.0481. The van der Waals surface area contributed by atoms with Crippen molar-refractivity contribution < 1.29 is 4.79 Å². The summed E-state index contributed by atoms with van der Waals surface area (Å²) >= 11 is 5.00. The van der Waals surface area contributed by atoms with Gasteiger partial charge in [-0.25, -0.2) is 9.97 Å². The predicted octanol–water partition coefficient (Wildman–Crippen LogP) is 4.35. The van der Waals surface area contributed by atoms with Gasteiger partial charge >= 0.3 is 0 Å². The van der Waals surface area contributed by atoms with E-state index in [0.717, 1.165) is 28.5 Å². The molecule has 1 amide bonds. The first-order valence-corrected chi connectivity index (χ1v) is 11.1. The molecule has 1 N–H and O–H groups in total. The van der Waals surface area contributed by atoms with Gasteiger partial charge in [-0.1, -0.05) is 17.8 Å². The summed E-state index contributed by atoms with van der Waals surface area (Å²) in [6.45, 7) is 2.53. The molecule has 3 heterocycles. The number of thiophene rings is 2. The first-order chi connectivity index (χ1) is 12.2. The van der Waals surface area contributed by atoms with Crippen molar-refractivity contribution in [3.05, 3.63) is 38.7 Å². The van der Waals surface area contributed by atoms with Gasteiger partial charge < -0.3 is 5.32 Å². The van der Waals surface area contributed by atoms with Crippen molar-refractivity contribution in [3.8, 4) is 0 Å². The largest absolute Gasteiger partial charge is 0.350 e. The number of carbonyl (C=O) groups is 1. The normalized spacial score (nSPS) is 13.8.